The van der Waals surface area contributed by atoms with Crippen LogP contribution in [-0.2, 0) is 14.4 Å². The fraction of sp³-hybridized carbons (Fsp3) is 0.750. The van der Waals surface area contributed by atoms with Gasteiger partial charge in [0.2, 0.25) is 0 Å². The van der Waals surface area contributed by atoms with Crippen molar-refractivity contribution in [3.05, 3.63) is 0 Å². The lowest BCUT2D eigenvalue weighted by atomic mass is 10.0. The van der Waals surface area contributed by atoms with Gasteiger partial charge in [-0.15, -0.1) is 0 Å². The predicted molar refractivity (Wildman–Crippen MR) is 70.2 cm³/mol. The highest BCUT2D eigenvalue weighted by atomic mass is 16.4. The van der Waals surface area contributed by atoms with Crippen molar-refractivity contribution in [3.8, 4) is 0 Å². The number of aliphatic carboxylic acids is 2. The molecule has 1 amide bonds. The molecule has 1 heterocycles. The quantitative estimate of drug-likeness (QED) is 0.490. The molecule has 1 rings (SSSR count). The first kappa shape index (κ1) is 18.3. The molecule has 0 aliphatic carbocycles. The molecule has 8 nitrogen and oxygen atoms in total. The fourth-order valence-corrected chi connectivity index (χ4v) is 1.64. The van der Waals surface area contributed by atoms with E-state index in [0.717, 1.165) is 13.1 Å². The van der Waals surface area contributed by atoms with E-state index in [1.807, 2.05) is 13.8 Å². The summed E-state index contributed by atoms with van der Waals surface area (Å²) in [7, 11) is 0. The summed E-state index contributed by atoms with van der Waals surface area (Å²) in [5.41, 5.74) is 0. The molecule has 0 spiro atoms. The predicted octanol–water partition coefficient (Wildman–Crippen LogP) is -1.02. The first-order valence-corrected chi connectivity index (χ1v) is 6.39. The van der Waals surface area contributed by atoms with E-state index in [1.54, 1.807) is 4.90 Å². The van der Waals surface area contributed by atoms with Gasteiger partial charge in [-0.3, -0.25) is 4.79 Å². The molecule has 0 radical (unpaired) electrons. The molecule has 0 aromatic heterocycles. The van der Waals surface area contributed by atoms with Gasteiger partial charge < -0.3 is 25.5 Å². The third-order valence-electron chi connectivity index (χ3n) is 2.59. The number of carbonyl (C=O) groups excluding carboxylic acids is 1. The van der Waals surface area contributed by atoms with E-state index < -0.39 is 18.0 Å². The van der Waals surface area contributed by atoms with Gasteiger partial charge in [0.1, 0.15) is 6.10 Å². The van der Waals surface area contributed by atoms with Gasteiger partial charge in [0.05, 0.1) is 0 Å². The van der Waals surface area contributed by atoms with E-state index in [4.69, 9.17) is 19.8 Å². The maximum Gasteiger partial charge on any atom is 0.414 e. The minimum absolute atomic E-state index is 0.111. The second kappa shape index (κ2) is 9.27. The van der Waals surface area contributed by atoms with Gasteiger partial charge in [-0.1, -0.05) is 13.8 Å². The molecule has 1 aliphatic rings. The van der Waals surface area contributed by atoms with Crippen molar-refractivity contribution < 1.29 is 29.7 Å². The maximum atomic E-state index is 11.7. The van der Waals surface area contributed by atoms with Crippen LogP contribution in [0.15, 0.2) is 0 Å². The summed E-state index contributed by atoms with van der Waals surface area (Å²) < 4.78 is 0. The normalized spacial score (nSPS) is 16.1. The number of amides is 1. The van der Waals surface area contributed by atoms with Gasteiger partial charge >= 0.3 is 11.9 Å². The highest BCUT2D eigenvalue weighted by Gasteiger charge is 2.23. The van der Waals surface area contributed by atoms with Crippen LogP contribution in [0.2, 0.25) is 0 Å². The standard InChI is InChI=1S/C10H20N2O2.C2H2O4/c1-8(2)7-9(13)10(14)12-5-3-11-4-6-12;3-1(4)2(5)6/h8-9,11,13H,3-7H2,1-2H3;(H,3,4)(H,5,6)/t9-;/m1./s1. The van der Waals surface area contributed by atoms with Crippen molar-refractivity contribution in [2.45, 2.75) is 26.4 Å². The number of rotatable bonds is 3. The van der Waals surface area contributed by atoms with Crippen molar-refractivity contribution in [2.75, 3.05) is 26.2 Å². The van der Waals surface area contributed by atoms with Crippen LogP contribution in [0, 0.1) is 5.92 Å². The zero-order chi connectivity index (χ0) is 15.7. The number of carbonyl (C=O) groups is 3. The van der Waals surface area contributed by atoms with Crippen LogP contribution in [0.5, 0.6) is 0 Å². The number of nitrogens with one attached hydrogen (secondary N) is 1. The molecule has 8 heteroatoms. The molecule has 0 bridgehead atoms. The number of carboxylic acid groups (broad SMARTS) is 2. The molecule has 0 saturated carbocycles. The Morgan fingerprint density at radius 2 is 1.55 bits per heavy atom. The molecule has 20 heavy (non-hydrogen) atoms. The molecule has 1 fully saturated rings. The second-order valence-corrected chi connectivity index (χ2v) is 4.83. The molecule has 1 aliphatic heterocycles. The van der Waals surface area contributed by atoms with Gasteiger partial charge in [-0.25, -0.2) is 9.59 Å². The zero-order valence-electron chi connectivity index (χ0n) is 11.7. The number of hydrogen-bond donors (Lipinski definition) is 4. The van der Waals surface area contributed by atoms with Crippen LogP contribution in [-0.4, -0.2) is 70.3 Å². The van der Waals surface area contributed by atoms with Gasteiger partial charge in [0.25, 0.3) is 5.91 Å². The Labute approximate surface area is 117 Å². The van der Waals surface area contributed by atoms with Crippen molar-refractivity contribution in [2.24, 2.45) is 5.92 Å². The average molecular weight is 290 g/mol. The van der Waals surface area contributed by atoms with E-state index in [2.05, 4.69) is 5.32 Å². The first-order valence-electron chi connectivity index (χ1n) is 6.39. The lowest BCUT2D eigenvalue weighted by Gasteiger charge is -2.29. The Hall–Kier alpha value is -1.67. The van der Waals surface area contributed by atoms with Crippen molar-refractivity contribution in [3.63, 3.8) is 0 Å². The third-order valence-corrected chi connectivity index (χ3v) is 2.59. The van der Waals surface area contributed by atoms with Crippen LogP contribution < -0.4 is 5.32 Å². The van der Waals surface area contributed by atoms with E-state index in [0.29, 0.717) is 25.4 Å². The number of piperazine rings is 1. The van der Waals surface area contributed by atoms with Crippen LogP contribution >= 0.6 is 0 Å². The van der Waals surface area contributed by atoms with Crippen LogP contribution in [0.3, 0.4) is 0 Å². The molecule has 4 N–H and O–H groups in total. The number of hydrogen-bond acceptors (Lipinski definition) is 5. The fourth-order valence-electron chi connectivity index (χ4n) is 1.64. The van der Waals surface area contributed by atoms with Gasteiger partial charge in [0, 0.05) is 26.2 Å². The summed E-state index contributed by atoms with van der Waals surface area (Å²) in [6.45, 7) is 7.12. The Bertz CT molecular complexity index is 327. The topological polar surface area (TPSA) is 127 Å². The number of aliphatic hydroxyl groups is 1. The highest BCUT2D eigenvalue weighted by molar-refractivity contribution is 6.27. The van der Waals surface area contributed by atoms with E-state index in [9.17, 15) is 9.90 Å². The van der Waals surface area contributed by atoms with Gasteiger partial charge in [-0.05, 0) is 12.3 Å². The monoisotopic (exact) mass is 290 g/mol. The summed E-state index contributed by atoms with van der Waals surface area (Å²) in [6.07, 6.45) is -0.254. The maximum absolute atomic E-state index is 11.7. The highest BCUT2D eigenvalue weighted by Crippen LogP contribution is 2.08. The molecule has 0 aromatic rings. The molecule has 0 aromatic carbocycles. The van der Waals surface area contributed by atoms with Crippen molar-refractivity contribution >= 4 is 17.8 Å². The minimum Gasteiger partial charge on any atom is -0.473 e. The lowest BCUT2D eigenvalue weighted by molar-refractivity contribution is -0.159. The average Bonchev–Trinajstić information content (AvgIpc) is 2.38. The molecule has 116 valence electrons. The van der Waals surface area contributed by atoms with Crippen molar-refractivity contribution in [1.82, 2.24) is 10.2 Å². The summed E-state index contributed by atoms with van der Waals surface area (Å²) >= 11 is 0. The second-order valence-electron chi connectivity index (χ2n) is 4.83. The Balaban J connectivity index is 0.000000511. The van der Waals surface area contributed by atoms with Crippen LogP contribution in [0.1, 0.15) is 20.3 Å². The largest absolute Gasteiger partial charge is 0.473 e. The van der Waals surface area contributed by atoms with E-state index in [-0.39, 0.29) is 5.91 Å². The molecule has 1 saturated heterocycles. The van der Waals surface area contributed by atoms with E-state index >= 15 is 0 Å². The van der Waals surface area contributed by atoms with Crippen molar-refractivity contribution in [1.29, 1.82) is 0 Å². The molecule has 1 atom stereocenters. The summed E-state index contributed by atoms with van der Waals surface area (Å²) in [5.74, 6) is -3.40. The van der Waals surface area contributed by atoms with Crippen LogP contribution in [0.25, 0.3) is 0 Å². The van der Waals surface area contributed by atoms with Crippen LogP contribution in [0.4, 0.5) is 0 Å². The molecular formula is C12H22N2O6. The van der Waals surface area contributed by atoms with Gasteiger partial charge in [0.15, 0.2) is 0 Å². The SMILES string of the molecule is CC(C)C[C@@H](O)C(=O)N1CCNCC1.O=C(O)C(=O)O. The van der Waals surface area contributed by atoms with Gasteiger partial charge in [-0.2, -0.15) is 0 Å². The first-order chi connectivity index (χ1) is 9.25. The smallest absolute Gasteiger partial charge is 0.414 e. The number of aliphatic hydroxyl groups excluding tert-OH is 1. The Morgan fingerprint density at radius 3 is 1.90 bits per heavy atom. The summed E-state index contributed by atoms with van der Waals surface area (Å²) in [5, 5.41) is 27.6. The lowest BCUT2D eigenvalue weighted by Crippen LogP contribution is -2.50. The summed E-state index contributed by atoms with van der Waals surface area (Å²) in [6, 6.07) is 0. The Morgan fingerprint density at radius 1 is 1.10 bits per heavy atom. The minimum atomic E-state index is -1.82. The Kier molecular flexibility index (Phi) is 8.49. The molecule has 0 unspecified atom stereocenters. The zero-order valence-corrected chi connectivity index (χ0v) is 11.7. The number of carboxylic acids is 2. The molecular weight excluding hydrogens is 268 g/mol. The van der Waals surface area contributed by atoms with E-state index in [1.165, 1.54) is 0 Å². The number of nitrogens with zero attached hydrogens (tertiary/aromatic N) is 1. The summed E-state index contributed by atoms with van der Waals surface area (Å²) in [4.78, 5) is 31.6. The third kappa shape index (κ3) is 7.70.